The molecule has 0 aliphatic carbocycles. The molecule has 1 aliphatic heterocycles. The quantitative estimate of drug-likeness (QED) is 0.417. The van der Waals surface area contributed by atoms with E-state index in [1.54, 1.807) is 0 Å². The fourth-order valence-corrected chi connectivity index (χ4v) is 4.69. The topological polar surface area (TPSA) is 90.5 Å². The fraction of sp³-hybridized carbons (Fsp3) is 0.179. The van der Waals surface area contributed by atoms with Crippen molar-refractivity contribution in [1.29, 1.82) is 0 Å². The van der Waals surface area contributed by atoms with Crippen LogP contribution in [0.25, 0.3) is 0 Å². The van der Waals surface area contributed by atoms with Crippen molar-refractivity contribution in [1.82, 2.24) is 14.5 Å². The largest absolute Gasteiger partial charge is 0.573 e. The van der Waals surface area contributed by atoms with Gasteiger partial charge in [0, 0.05) is 17.7 Å². The monoisotopic (exact) mass is 520 g/mol. The summed E-state index contributed by atoms with van der Waals surface area (Å²) in [5, 5.41) is 0. The highest BCUT2D eigenvalue weighted by molar-refractivity contribution is 5.94. The fourth-order valence-electron chi connectivity index (χ4n) is 4.69. The summed E-state index contributed by atoms with van der Waals surface area (Å²) in [5.41, 5.74) is 8.92. The Morgan fingerprint density at radius 2 is 1.50 bits per heavy atom. The zero-order chi connectivity index (χ0) is 26.9. The molecular formula is C28H23F3N4O3. The van der Waals surface area contributed by atoms with Gasteiger partial charge in [0.2, 0.25) is 5.95 Å². The maximum Gasteiger partial charge on any atom is 0.573 e. The van der Waals surface area contributed by atoms with E-state index in [4.69, 9.17) is 5.73 Å². The van der Waals surface area contributed by atoms with E-state index in [0.717, 1.165) is 23.3 Å². The van der Waals surface area contributed by atoms with E-state index >= 15 is 0 Å². The highest BCUT2D eigenvalue weighted by Crippen LogP contribution is 2.29. The maximum atomic E-state index is 13.8. The number of carbonyl (C=O) groups is 1. The van der Waals surface area contributed by atoms with Gasteiger partial charge in [-0.15, -0.1) is 13.2 Å². The first-order valence-corrected chi connectivity index (χ1v) is 11.9. The van der Waals surface area contributed by atoms with Gasteiger partial charge in [0.25, 0.3) is 11.5 Å². The van der Waals surface area contributed by atoms with Crippen molar-refractivity contribution in [2.75, 3.05) is 12.3 Å². The van der Waals surface area contributed by atoms with Gasteiger partial charge in [-0.05, 0) is 41.8 Å². The molecule has 0 bridgehead atoms. The lowest BCUT2D eigenvalue weighted by atomic mass is 9.97. The second-order valence-electron chi connectivity index (χ2n) is 8.84. The van der Waals surface area contributed by atoms with Crippen LogP contribution in [0.15, 0.2) is 89.7 Å². The SMILES string of the molecule is Nc1nc2c(c(=O)n1C(c1ccccc1)c1ccccc1)CCN(C(=O)c1ccc(OC(F)(F)F)cc1)C2. The molecule has 38 heavy (non-hydrogen) atoms. The summed E-state index contributed by atoms with van der Waals surface area (Å²) in [5.74, 6) is -0.793. The molecule has 1 amide bonds. The number of carbonyl (C=O) groups excluding carboxylic acids is 1. The van der Waals surface area contributed by atoms with Gasteiger partial charge in [-0.1, -0.05) is 60.7 Å². The van der Waals surface area contributed by atoms with Crippen molar-refractivity contribution in [3.05, 3.63) is 123 Å². The molecule has 0 radical (unpaired) electrons. The highest BCUT2D eigenvalue weighted by Gasteiger charge is 2.32. The second-order valence-corrected chi connectivity index (χ2v) is 8.84. The lowest BCUT2D eigenvalue weighted by molar-refractivity contribution is -0.274. The zero-order valence-corrected chi connectivity index (χ0v) is 20.1. The minimum absolute atomic E-state index is 0.0226. The summed E-state index contributed by atoms with van der Waals surface area (Å²) < 4.78 is 42.6. The number of anilines is 1. The molecule has 0 fully saturated rings. The first-order chi connectivity index (χ1) is 18.2. The molecule has 5 rings (SSSR count). The van der Waals surface area contributed by atoms with E-state index < -0.39 is 24.1 Å². The highest BCUT2D eigenvalue weighted by atomic mass is 19.4. The Balaban J connectivity index is 1.45. The molecule has 3 aromatic carbocycles. The van der Waals surface area contributed by atoms with Crippen LogP contribution in [-0.4, -0.2) is 33.3 Å². The number of ether oxygens (including phenoxy) is 1. The summed E-state index contributed by atoms with van der Waals surface area (Å²) in [6, 6.07) is 23.3. The number of hydrogen-bond donors (Lipinski definition) is 1. The normalized spacial score (nSPS) is 13.3. The Kier molecular flexibility index (Phi) is 6.62. The van der Waals surface area contributed by atoms with Gasteiger partial charge in [0.05, 0.1) is 18.3 Å². The van der Waals surface area contributed by atoms with Gasteiger partial charge in [-0.3, -0.25) is 14.2 Å². The third-order valence-electron chi connectivity index (χ3n) is 6.40. The van der Waals surface area contributed by atoms with Crippen LogP contribution in [0.3, 0.4) is 0 Å². The van der Waals surface area contributed by atoms with Crippen LogP contribution >= 0.6 is 0 Å². The van der Waals surface area contributed by atoms with Crippen molar-refractivity contribution in [3.8, 4) is 5.75 Å². The minimum atomic E-state index is -4.82. The molecule has 0 spiro atoms. The zero-order valence-electron chi connectivity index (χ0n) is 20.1. The van der Waals surface area contributed by atoms with Crippen molar-refractivity contribution in [2.24, 2.45) is 0 Å². The third kappa shape index (κ3) is 5.10. The number of hydrogen-bond acceptors (Lipinski definition) is 5. The van der Waals surface area contributed by atoms with Crippen LogP contribution in [0, 0.1) is 0 Å². The number of amides is 1. The predicted molar refractivity (Wildman–Crippen MR) is 135 cm³/mol. The first-order valence-electron chi connectivity index (χ1n) is 11.9. The Bertz CT molecular complexity index is 1470. The van der Waals surface area contributed by atoms with E-state index in [2.05, 4.69) is 9.72 Å². The number of halogens is 3. The Morgan fingerprint density at radius 3 is 2.05 bits per heavy atom. The third-order valence-corrected chi connectivity index (χ3v) is 6.40. The molecular weight excluding hydrogens is 497 g/mol. The number of rotatable bonds is 5. The molecule has 1 aliphatic rings. The Hall–Kier alpha value is -4.60. The van der Waals surface area contributed by atoms with Crippen LogP contribution < -0.4 is 16.0 Å². The Labute approximate surface area is 215 Å². The molecule has 0 atom stereocenters. The van der Waals surface area contributed by atoms with E-state index in [1.807, 2.05) is 60.7 Å². The molecule has 0 saturated carbocycles. The molecule has 2 heterocycles. The lowest BCUT2D eigenvalue weighted by Gasteiger charge is -2.30. The van der Waals surface area contributed by atoms with Crippen LogP contribution in [0.2, 0.25) is 0 Å². The number of alkyl halides is 3. The van der Waals surface area contributed by atoms with Gasteiger partial charge < -0.3 is 15.4 Å². The van der Waals surface area contributed by atoms with E-state index in [9.17, 15) is 22.8 Å². The van der Waals surface area contributed by atoms with Crippen LogP contribution in [0.5, 0.6) is 5.75 Å². The molecule has 1 aromatic heterocycles. The molecule has 7 nitrogen and oxygen atoms in total. The molecule has 0 unspecified atom stereocenters. The maximum absolute atomic E-state index is 13.8. The minimum Gasteiger partial charge on any atom is -0.406 e. The van der Waals surface area contributed by atoms with Crippen LogP contribution in [-0.2, 0) is 13.0 Å². The van der Waals surface area contributed by atoms with E-state index in [1.165, 1.54) is 21.6 Å². The van der Waals surface area contributed by atoms with E-state index in [-0.39, 0.29) is 36.6 Å². The Morgan fingerprint density at radius 1 is 0.921 bits per heavy atom. The predicted octanol–water partition coefficient (Wildman–Crippen LogP) is 4.56. The summed E-state index contributed by atoms with van der Waals surface area (Å²) >= 11 is 0. The van der Waals surface area contributed by atoms with Gasteiger partial charge in [-0.2, -0.15) is 0 Å². The van der Waals surface area contributed by atoms with Gasteiger partial charge in [0.1, 0.15) is 5.75 Å². The van der Waals surface area contributed by atoms with Gasteiger partial charge in [0.15, 0.2) is 0 Å². The summed E-state index contributed by atoms with van der Waals surface area (Å²) in [6.07, 6.45) is -4.56. The van der Waals surface area contributed by atoms with Crippen LogP contribution in [0.4, 0.5) is 19.1 Å². The summed E-state index contributed by atoms with van der Waals surface area (Å²) in [7, 11) is 0. The molecule has 2 N–H and O–H groups in total. The van der Waals surface area contributed by atoms with Gasteiger partial charge >= 0.3 is 6.36 Å². The van der Waals surface area contributed by atoms with E-state index in [0.29, 0.717) is 11.3 Å². The second kappa shape index (κ2) is 10.0. The standard InChI is InChI=1S/C28H23F3N4O3/c29-28(30,31)38-21-13-11-20(12-14-21)25(36)34-16-15-22-23(17-34)33-27(32)35(26(22)37)24(18-7-3-1-4-8-18)19-9-5-2-6-10-19/h1-14,24H,15-17H2,(H2,32,33). The number of aromatic nitrogens is 2. The molecule has 4 aromatic rings. The van der Waals surface area contributed by atoms with Crippen LogP contribution in [0.1, 0.15) is 38.8 Å². The number of nitrogens with two attached hydrogens (primary N) is 1. The average molecular weight is 521 g/mol. The average Bonchev–Trinajstić information content (AvgIpc) is 2.91. The molecule has 194 valence electrons. The number of fused-ring (bicyclic) bond motifs is 1. The number of nitrogens with zero attached hydrogens (tertiary/aromatic N) is 3. The number of benzene rings is 3. The smallest absolute Gasteiger partial charge is 0.406 e. The first kappa shape index (κ1) is 25.1. The van der Waals surface area contributed by atoms with Crippen molar-refractivity contribution < 1.29 is 22.7 Å². The van der Waals surface area contributed by atoms with Crippen molar-refractivity contribution >= 4 is 11.9 Å². The summed E-state index contributed by atoms with van der Waals surface area (Å²) in [4.78, 5) is 32.8. The molecule has 10 heteroatoms. The summed E-state index contributed by atoms with van der Waals surface area (Å²) in [6.45, 7) is 0.297. The van der Waals surface area contributed by atoms with Crippen molar-refractivity contribution in [3.63, 3.8) is 0 Å². The van der Waals surface area contributed by atoms with Gasteiger partial charge in [-0.25, -0.2) is 4.98 Å². The van der Waals surface area contributed by atoms with Crippen molar-refractivity contribution in [2.45, 2.75) is 25.4 Å². The molecule has 0 saturated heterocycles. The number of nitrogen functional groups attached to an aromatic ring is 1. The lowest BCUT2D eigenvalue weighted by Crippen LogP contribution is -2.42.